The molecule has 4 N–H and O–H groups in total. The van der Waals surface area contributed by atoms with Crippen LogP contribution in [0.5, 0.6) is 0 Å². The van der Waals surface area contributed by atoms with Gasteiger partial charge >= 0.3 is 219 Å². The van der Waals surface area contributed by atoms with Gasteiger partial charge in [0.1, 0.15) is 0 Å². The van der Waals surface area contributed by atoms with Crippen molar-refractivity contribution >= 4 is 53.1 Å². The van der Waals surface area contributed by atoms with Crippen molar-refractivity contribution in [1.29, 1.82) is 0 Å². The molecule has 2 unspecified atom stereocenters. The number of anilines is 2. The molecular weight excluding hydrogens is 598 g/mol. The van der Waals surface area contributed by atoms with E-state index in [2.05, 4.69) is 25.6 Å². The van der Waals surface area contributed by atoms with Gasteiger partial charge < -0.3 is 0 Å². The number of halogens is 5. The van der Waals surface area contributed by atoms with Crippen molar-refractivity contribution in [2.45, 2.75) is 26.1 Å². The Balaban J connectivity index is 1.52. The smallest absolute Gasteiger partial charge is 0.169 e. The monoisotopic (exact) mass is 622 g/mol. The van der Waals surface area contributed by atoms with Gasteiger partial charge in [-0.15, -0.1) is 0 Å². The number of carbonyl (C=O) groups excluding carboxylic acids is 2. The second kappa shape index (κ2) is 12.0. The van der Waals surface area contributed by atoms with Gasteiger partial charge in [-0.3, -0.25) is 0 Å². The van der Waals surface area contributed by atoms with Gasteiger partial charge in [-0.1, -0.05) is 0 Å². The molecule has 0 aliphatic carbocycles. The first-order valence-corrected chi connectivity index (χ1v) is 14.1. The molecule has 0 aliphatic heterocycles. The van der Waals surface area contributed by atoms with E-state index >= 15 is 0 Å². The number of alkyl halides is 3. The summed E-state index contributed by atoms with van der Waals surface area (Å²) in [4.78, 5) is 36.6. The summed E-state index contributed by atoms with van der Waals surface area (Å²) in [7, 11) is 0. The molecule has 0 spiro atoms. The molecule has 3 heterocycles. The van der Waals surface area contributed by atoms with Gasteiger partial charge in [-0.25, -0.2) is 0 Å². The SMILES string of the molecule is CC(C)C(Nc1cncc(-c2c[nH]c3ncc([AsH]C(=O)Nc4ccc(F)cc4F)cc23)c1)C(=O)NCC(F)(F)F. The second-order valence-electron chi connectivity index (χ2n) is 9.19. The third-order valence-electron chi connectivity index (χ3n) is 5.75. The van der Waals surface area contributed by atoms with Gasteiger partial charge in [0.2, 0.25) is 0 Å². The Labute approximate surface area is 231 Å². The van der Waals surface area contributed by atoms with Crippen LogP contribution in [0.2, 0.25) is 0 Å². The Hall–Kier alpha value is -3.99. The Bertz CT molecular complexity index is 1540. The predicted octanol–water partition coefficient (Wildman–Crippen LogP) is 4.31. The number of aromatic amines is 1. The molecule has 0 bridgehead atoms. The maximum atomic E-state index is 13.9. The zero-order chi connectivity index (χ0) is 29.0. The topological polar surface area (TPSA) is 112 Å². The number of benzene rings is 1. The van der Waals surface area contributed by atoms with E-state index < -0.39 is 56.8 Å². The van der Waals surface area contributed by atoms with Crippen LogP contribution < -0.4 is 20.3 Å². The standard InChI is InChI=1S/C26H24AsF5N6O2/c1-13(2)22(24(39)36-12-26(30,31)32)37-17-5-14(8-33-10-17)19-11-35-23-18(19)6-15(9-34-23)27-25(40)38-21-4-3-16(28)7-20(21)29/h3-11,13,22,27,37H,12H2,1-2H3,(H,34,35)(H,36,39)(H,38,40). The molecular formula is C26H24AsF5N6O2. The predicted molar refractivity (Wildman–Crippen MR) is 143 cm³/mol. The minimum Gasteiger partial charge on any atom is -0.169 e. The van der Waals surface area contributed by atoms with Crippen molar-refractivity contribution in [1.82, 2.24) is 20.3 Å². The number of amides is 2. The van der Waals surface area contributed by atoms with Crippen molar-refractivity contribution in [3.63, 3.8) is 0 Å². The fourth-order valence-corrected chi connectivity index (χ4v) is 5.55. The van der Waals surface area contributed by atoms with E-state index in [1.165, 1.54) is 6.20 Å². The molecule has 40 heavy (non-hydrogen) atoms. The van der Waals surface area contributed by atoms with Gasteiger partial charge in [0.05, 0.1) is 0 Å². The molecule has 1 aromatic carbocycles. The Morgan fingerprint density at radius 2 is 1.85 bits per heavy atom. The summed E-state index contributed by atoms with van der Waals surface area (Å²) >= 11 is -1.47. The average Bonchev–Trinajstić information content (AvgIpc) is 3.30. The fourth-order valence-electron chi connectivity index (χ4n) is 3.86. The van der Waals surface area contributed by atoms with Gasteiger partial charge in [0.25, 0.3) is 0 Å². The number of hydrogen-bond donors (Lipinski definition) is 4. The zero-order valence-corrected chi connectivity index (χ0v) is 23.3. The fraction of sp³-hybridized carbons (Fsp3) is 0.231. The summed E-state index contributed by atoms with van der Waals surface area (Å²) in [6.45, 7) is 1.98. The van der Waals surface area contributed by atoms with Crippen LogP contribution >= 0.6 is 0 Å². The van der Waals surface area contributed by atoms with E-state index in [4.69, 9.17) is 0 Å². The van der Waals surface area contributed by atoms with E-state index in [9.17, 15) is 31.5 Å². The number of nitrogens with one attached hydrogen (secondary N) is 4. The van der Waals surface area contributed by atoms with Crippen molar-refractivity contribution in [2.24, 2.45) is 5.92 Å². The minimum atomic E-state index is -4.53. The Morgan fingerprint density at radius 1 is 1.07 bits per heavy atom. The van der Waals surface area contributed by atoms with Crippen LogP contribution in [0.15, 0.2) is 55.1 Å². The third kappa shape index (κ3) is 7.35. The Kier molecular flexibility index (Phi) is 8.72. The molecule has 0 saturated heterocycles. The number of rotatable bonds is 9. The number of carbonyl (C=O) groups is 2. The molecule has 0 aliphatic rings. The molecule has 14 heteroatoms. The van der Waals surface area contributed by atoms with E-state index in [0.29, 0.717) is 38.3 Å². The van der Waals surface area contributed by atoms with Gasteiger partial charge in [0, 0.05) is 0 Å². The van der Waals surface area contributed by atoms with Crippen molar-refractivity contribution < 1.29 is 31.5 Å². The van der Waals surface area contributed by atoms with Crippen LogP contribution in [0.4, 0.5) is 38.1 Å². The summed E-state index contributed by atoms with van der Waals surface area (Å²) in [5.74, 6) is -2.74. The molecule has 0 fully saturated rings. The normalized spacial score (nSPS) is 12.7. The van der Waals surface area contributed by atoms with E-state index in [1.807, 2.05) is 5.32 Å². The van der Waals surface area contributed by atoms with E-state index in [0.717, 1.165) is 12.1 Å². The quantitative estimate of drug-likeness (QED) is 0.164. The van der Waals surface area contributed by atoms with Gasteiger partial charge in [-0.05, 0) is 0 Å². The van der Waals surface area contributed by atoms with Crippen LogP contribution in [-0.4, -0.2) is 60.1 Å². The van der Waals surface area contributed by atoms with Crippen molar-refractivity contribution in [2.75, 3.05) is 17.2 Å². The molecule has 0 radical (unpaired) electrons. The number of hydrogen-bond acceptors (Lipinski definition) is 5. The van der Waals surface area contributed by atoms with E-state index in [1.54, 1.807) is 44.6 Å². The molecule has 210 valence electrons. The summed E-state index contributed by atoms with van der Waals surface area (Å²) in [6.07, 6.45) is 1.76. The Morgan fingerprint density at radius 3 is 2.55 bits per heavy atom. The van der Waals surface area contributed by atoms with Gasteiger partial charge in [0.15, 0.2) is 0 Å². The number of aromatic nitrogens is 3. The molecule has 3 aromatic heterocycles. The first-order chi connectivity index (χ1) is 18.9. The molecule has 4 aromatic rings. The summed E-state index contributed by atoms with van der Waals surface area (Å²) in [6, 6.07) is 5.44. The number of fused-ring (bicyclic) bond motifs is 1. The number of H-pyrrole nitrogens is 1. The van der Waals surface area contributed by atoms with Crippen molar-refractivity contribution in [3.8, 4) is 11.1 Å². The number of nitrogens with zero attached hydrogens (tertiary/aromatic N) is 2. The second-order valence-corrected chi connectivity index (χ2v) is 11.9. The first-order valence-electron chi connectivity index (χ1n) is 12.0. The first kappa shape index (κ1) is 29.0. The number of pyridine rings is 2. The summed E-state index contributed by atoms with van der Waals surface area (Å²) < 4.78 is 65.0. The summed E-state index contributed by atoms with van der Waals surface area (Å²) in [5.41, 5.74) is 2.17. The van der Waals surface area contributed by atoms with E-state index in [-0.39, 0.29) is 11.6 Å². The maximum absolute atomic E-state index is 13.9. The van der Waals surface area contributed by atoms with Gasteiger partial charge in [-0.2, -0.15) is 13.2 Å². The molecule has 0 saturated carbocycles. The minimum absolute atomic E-state index is 0.117. The van der Waals surface area contributed by atoms with Crippen LogP contribution in [0, 0.1) is 17.6 Å². The van der Waals surface area contributed by atoms with Crippen LogP contribution in [0.1, 0.15) is 13.8 Å². The average molecular weight is 622 g/mol. The van der Waals surface area contributed by atoms with Crippen LogP contribution in [0.25, 0.3) is 22.2 Å². The molecule has 8 nitrogen and oxygen atoms in total. The van der Waals surface area contributed by atoms with Crippen LogP contribution in [0.3, 0.4) is 0 Å². The zero-order valence-electron chi connectivity index (χ0n) is 21.2. The molecule has 2 atom stereocenters. The summed E-state index contributed by atoms with van der Waals surface area (Å²) in [5, 5.41) is 8.02. The third-order valence-corrected chi connectivity index (χ3v) is 7.67. The molecule has 4 rings (SSSR count). The molecule has 2 amide bonds. The van der Waals surface area contributed by atoms with Crippen LogP contribution in [-0.2, 0) is 4.79 Å². The van der Waals surface area contributed by atoms with Crippen molar-refractivity contribution in [3.05, 3.63) is 66.8 Å².